The highest BCUT2D eigenvalue weighted by atomic mass is 79.9. The van der Waals surface area contributed by atoms with Crippen LogP contribution in [0.3, 0.4) is 0 Å². The lowest BCUT2D eigenvalue weighted by atomic mass is 10.1. The van der Waals surface area contributed by atoms with Gasteiger partial charge in [0.1, 0.15) is 18.1 Å². The number of carbonyl (C=O) groups excluding carboxylic acids is 1. The van der Waals surface area contributed by atoms with Gasteiger partial charge in [-0.1, -0.05) is 51.3 Å². The van der Waals surface area contributed by atoms with Gasteiger partial charge in [0, 0.05) is 16.1 Å². The van der Waals surface area contributed by atoms with Crippen molar-refractivity contribution in [3.63, 3.8) is 0 Å². The van der Waals surface area contributed by atoms with E-state index in [0.29, 0.717) is 34.6 Å². The molecule has 0 fully saturated rings. The standard InChI is InChI=1S/C29H26BrCl2N3O3/c1-18-29(19(2)35(34-18)16-21-4-11-25(31)26(32)15-21)33-28(36)13-6-20-5-12-27(37-3)22(14-20)17-38-24-9-7-23(30)8-10-24/h4-15H,16-17H2,1-3H3,(H,33,36)/b13-6-. The van der Waals surface area contributed by atoms with Crippen LogP contribution in [0.25, 0.3) is 6.08 Å². The lowest BCUT2D eigenvalue weighted by Crippen LogP contribution is -2.10. The summed E-state index contributed by atoms with van der Waals surface area (Å²) in [6.45, 7) is 4.61. The second-order valence-electron chi connectivity index (χ2n) is 8.59. The van der Waals surface area contributed by atoms with E-state index >= 15 is 0 Å². The summed E-state index contributed by atoms with van der Waals surface area (Å²) in [5.74, 6) is 1.21. The molecule has 0 atom stereocenters. The van der Waals surface area contributed by atoms with Crippen LogP contribution in [0.2, 0.25) is 10.0 Å². The number of amides is 1. The van der Waals surface area contributed by atoms with Crippen molar-refractivity contribution in [3.05, 3.63) is 109 Å². The van der Waals surface area contributed by atoms with Crippen molar-refractivity contribution < 1.29 is 14.3 Å². The fraction of sp³-hybridized carbons (Fsp3) is 0.172. The van der Waals surface area contributed by atoms with Gasteiger partial charge in [0.15, 0.2) is 0 Å². The second-order valence-corrected chi connectivity index (χ2v) is 10.3. The van der Waals surface area contributed by atoms with Gasteiger partial charge in [0.05, 0.1) is 40.8 Å². The summed E-state index contributed by atoms with van der Waals surface area (Å²) in [5, 5.41) is 8.53. The van der Waals surface area contributed by atoms with E-state index in [-0.39, 0.29) is 5.91 Å². The number of nitrogens with one attached hydrogen (secondary N) is 1. The molecule has 1 heterocycles. The van der Waals surface area contributed by atoms with E-state index in [0.717, 1.165) is 38.3 Å². The van der Waals surface area contributed by atoms with Crippen molar-refractivity contribution >= 4 is 56.8 Å². The van der Waals surface area contributed by atoms with Crippen LogP contribution in [0, 0.1) is 13.8 Å². The summed E-state index contributed by atoms with van der Waals surface area (Å²) in [6, 6.07) is 18.8. The lowest BCUT2D eigenvalue weighted by Gasteiger charge is -2.11. The number of methoxy groups -OCH3 is 1. The minimum atomic E-state index is -0.256. The third-order valence-electron chi connectivity index (χ3n) is 5.89. The number of carbonyl (C=O) groups is 1. The van der Waals surface area contributed by atoms with Gasteiger partial charge in [-0.15, -0.1) is 0 Å². The van der Waals surface area contributed by atoms with E-state index in [2.05, 4.69) is 26.3 Å². The Bertz CT molecular complexity index is 1480. The third-order valence-corrected chi connectivity index (χ3v) is 7.15. The molecule has 1 N–H and O–H groups in total. The SMILES string of the molecule is COc1ccc(/C=C\C(=O)Nc2c(C)nn(Cc3ccc(Cl)c(Cl)c3)c2C)cc1COc1ccc(Br)cc1. The zero-order valence-corrected chi connectivity index (χ0v) is 24.2. The number of halogens is 3. The predicted molar refractivity (Wildman–Crippen MR) is 156 cm³/mol. The lowest BCUT2D eigenvalue weighted by molar-refractivity contribution is -0.111. The first kappa shape index (κ1) is 27.8. The molecule has 0 aliphatic carbocycles. The Labute approximate surface area is 240 Å². The first-order valence-electron chi connectivity index (χ1n) is 11.8. The van der Waals surface area contributed by atoms with Crippen LogP contribution in [0.15, 0.2) is 71.2 Å². The van der Waals surface area contributed by atoms with Crippen molar-refractivity contribution in [2.75, 3.05) is 12.4 Å². The zero-order chi connectivity index (χ0) is 27.2. The minimum absolute atomic E-state index is 0.256. The summed E-state index contributed by atoms with van der Waals surface area (Å²) in [5.41, 5.74) is 4.92. The van der Waals surface area contributed by atoms with Crippen LogP contribution in [0.1, 0.15) is 28.1 Å². The van der Waals surface area contributed by atoms with Gasteiger partial charge in [0.25, 0.3) is 0 Å². The molecular weight excluding hydrogens is 589 g/mol. The molecule has 0 saturated carbocycles. The normalized spacial score (nSPS) is 11.1. The average molecular weight is 615 g/mol. The molecule has 196 valence electrons. The zero-order valence-electron chi connectivity index (χ0n) is 21.1. The number of hydrogen-bond acceptors (Lipinski definition) is 4. The maximum atomic E-state index is 12.8. The van der Waals surface area contributed by atoms with Crippen molar-refractivity contribution in [2.45, 2.75) is 27.0 Å². The molecule has 0 bridgehead atoms. The highest BCUT2D eigenvalue weighted by Gasteiger charge is 2.14. The monoisotopic (exact) mass is 613 g/mol. The quantitative estimate of drug-likeness (QED) is 0.195. The summed E-state index contributed by atoms with van der Waals surface area (Å²) < 4.78 is 14.2. The summed E-state index contributed by atoms with van der Waals surface area (Å²) in [4.78, 5) is 12.8. The van der Waals surface area contributed by atoms with E-state index in [1.54, 1.807) is 19.3 Å². The first-order valence-corrected chi connectivity index (χ1v) is 13.3. The van der Waals surface area contributed by atoms with Gasteiger partial charge in [-0.3, -0.25) is 9.48 Å². The van der Waals surface area contributed by atoms with Crippen LogP contribution in [0.5, 0.6) is 11.5 Å². The second kappa shape index (κ2) is 12.5. The Morgan fingerprint density at radius 3 is 2.53 bits per heavy atom. The number of benzene rings is 3. The summed E-state index contributed by atoms with van der Waals surface area (Å²) in [6.07, 6.45) is 3.25. The Hall–Kier alpha value is -3.26. The van der Waals surface area contributed by atoms with E-state index in [9.17, 15) is 4.79 Å². The third kappa shape index (κ3) is 6.98. The minimum Gasteiger partial charge on any atom is -0.496 e. The Morgan fingerprint density at radius 1 is 1.05 bits per heavy atom. The smallest absolute Gasteiger partial charge is 0.248 e. The summed E-state index contributed by atoms with van der Waals surface area (Å²) >= 11 is 15.6. The van der Waals surface area contributed by atoms with E-state index in [1.165, 1.54) is 6.08 Å². The van der Waals surface area contributed by atoms with Crippen LogP contribution in [0.4, 0.5) is 5.69 Å². The molecule has 4 aromatic rings. The summed E-state index contributed by atoms with van der Waals surface area (Å²) in [7, 11) is 1.62. The van der Waals surface area contributed by atoms with Gasteiger partial charge in [-0.05, 0) is 79.6 Å². The number of ether oxygens (including phenoxy) is 2. The molecule has 38 heavy (non-hydrogen) atoms. The largest absolute Gasteiger partial charge is 0.496 e. The number of aryl methyl sites for hydroxylation is 1. The predicted octanol–water partition coefficient (Wildman–Crippen LogP) is 7.86. The van der Waals surface area contributed by atoms with Gasteiger partial charge >= 0.3 is 0 Å². The first-order chi connectivity index (χ1) is 18.2. The van der Waals surface area contributed by atoms with Crippen molar-refractivity contribution in [3.8, 4) is 11.5 Å². The van der Waals surface area contributed by atoms with Crippen LogP contribution in [-0.4, -0.2) is 22.8 Å². The molecule has 4 rings (SSSR count). The van der Waals surface area contributed by atoms with Crippen LogP contribution < -0.4 is 14.8 Å². The van der Waals surface area contributed by atoms with Gasteiger partial charge in [0.2, 0.25) is 5.91 Å². The van der Waals surface area contributed by atoms with Gasteiger partial charge in [-0.2, -0.15) is 5.10 Å². The fourth-order valence-electron chi connectivity index (χ4n) is 3.89. The molecule has 3 aromatic carbocycles. The fourth-order valence-corrected chi connectivity index (χ4v) is 4.47. The molecule has 0 aliphatic rings. The van der Waals surface area contributed by atoms with Gasteiger partial charge in [-0.25, -0.2) is 0 Å². The van der Waals surface area contributed by atoms with Crippen molar-refractivity contribution in [1.29, 1.82) is 0 Å². The number of anilines is 1. The van der Waals surface area contributed by atoms with Crippen molar-refractivity contribution in [2.24, 2.45) is 0 Å². The molecule has 0 spiro atoms. The maximum Gasteiger partial charge on any atom is 0.248 e. The number of rotatable bonds is 9. The molecule has 0 aliphatic heterocycles. The van der Waals surface area contributed by atoms with E-state index < -0.39 is 0 Å². The Balaban J connectivity index is 1.43. The maximum absolute atomic E-state index is 12.8. The number of nitrogens with zero attached hydrogens (tertiary/aromatic N) is 2. The average Bonchev–Trinajstić information content (AvgIpc) is 3.16. The molecule has 0 saturated heterocycles. The number of aromatic nitrogens is 2. The highest BCUT2D eigenvalue weighted by Crippen LogP contribution is 2.26. The molecule has 1 amide bonds. The van der Waals surface area contributed by atoms with Gasteiger partial charge < -0.3 is 14.8 Å². The van der Waals surface area contributed by atoms with Crippen LogP contribution in [-0.2, 0) is 17.9 Å². The van der Waals surface area contributed by atoms with E-state index in [4.69, 9.17) is 32.7 Å². The van der Waals surface area contributed by atoms with Crippen molar-refractivity contribution in [1.82, 2.24) is 9.78 Å². The molecule has 6 nitrogen and oxygen atoms in total. The molecule has 9 heteroatoms. The highest BCUT2D eigenvalue weighted by molar-refractivity contribution is 9.10. The Morgan fingerprint density at radius 2 is 1.82 bits per heavy atom. The molecule has 0 unspecified atom stereocenters. The molecule has 0 radical (unpaired) electrons. The van der Waals surface area contributed by atoms with E-state index in [1.807, 2.05) is 73.1 Å². The molecular formula is C29H26BrCl2N3O3. The molecule has 1 aromatic heterocycles. The Kier molecular flexibility index (Phi) is 9.15. The van der Waals surface area contributed by atoms with Crippen LogP contribution >= 0.6 is 39.1 Å². The topological polar surface area (TPSA) is 65.4 Å². The number of hydrogen-bond donors (Lipinski definition) is 1.